The summed E-state index contributed by atoms with van der Waals surface area (Å²) in [5.74, 6) is -1.03. The molecule has 0 aliphatic carbocycles. The maximum atomic E-state index is 13.0. The highest BCUT2D eigenvalue weighted by atomic mass is 19.4. The lowest BCUT2D eigenvalue weighted by Crippen LogP contribution is -2.18. The van der Waals surface area contributed by atoms with Crippen LogP contribution in [0.3, 0.4) is 0 Å². The monoisotopic (exact) mass is 403 g/mol. The molecule has 0 spiro atoms. The molecule has 150 valence electrons. The molecule has 1 heterocycles. The molecule has 0 unspecified atom stereocenters. The number of aromatic carboxylic acids is 1. The van der Waals surface area contributed by atoms with Gasteiger partial charge in [-0.1, -0.05) is 24.3 Å². The second-order valence-electron chi connectivity index (χ2n) is 6.12. The molecule has 0 saturated heterocycles. The normalized spacial score (nSPS) is 11.2. The lowest BCUT2D eigenvalue weighted by atomic mass is 9.97. The first-order chi connectivity index (χ1) is 13.8. The van der Waals surface area contributed by atoms with Crippen LogP contribution in [0.5, 0.6) is 11.5 Å². The molecule has 3 rings (SSSR count). The van der Waals surface area contributed by atoms with Crippen molar-refractivity contribution in [1.82, 2.24) is 4.98 Å². The van der Waals surface area contributed by atoms with Gasteiger partial charge < -0.3 is 14.6 Å². The average molecular weight is 403 g/mol. The zero-order valence-corrected chi connectivity index (χ0v) is 15.2. The average Bonchev–Trinajstić information content (AvgIpc) is 2.68. The van der Waals surface area contributed by atoms with Crippen LogP contribution in [0.2, 0.25) is 0 Å². The minimum Gasteiger partial charge on any atom is -0.497 e. The number of aromatic nitrogens is 1. The Morgan fingerprint density at radius 1 is 1.07 bits per heavy atom. The maximum absolute atomic E-state index is 13.0. The van der Waals surface area contributed by atoms with Crippen LogP contribution in [-0.2, 0) is 6.42 Å². The summed E-state index contributed by atoms with van der Waals surface area (Å²) >= 11 is 0. The van der Waals surface area contributed by atoms with Gasteiger partial charge in [-0.05, 0) is 46.5 Å². The van der Waals surface area contributed by atoms with Gasteiger partial charge in [0.25, 0.3) is 0 Å². The van der Waals surface area contributed by atoms with Crippen LogP contribution in [0.1, 0.15) is 21.5 Å². The van der Waals surface area contributed by atoms with Gasteiger partial charge in [0.15, 0.2) is 0 Å². The second-order valence-corrected chi connectivity index (χ2v) is 6.12. The van der Waals surface area contributed by atoms with Crippen LogP contribution in [0.25, 0.3) is 11.1 Å². The molecule has 3 aromatic rings. The van der Waals surface area contributed by atoms with E-state index in [2.05, 4.69) is 9.72 Å². The van der Waals surface area contributed by atoms with Crippen molar-refractivity contribution >= 4 is 5.97 Å². The van der Waals surface area contributed by atoms with E-state index in [0.717, 1.165) is 0 Å². The van der Waals surface area contributed by atoms with Gasteiger partial charge in [-0.2, -0.15) is 0 Å². The van der Waals surface area contributed by atoms with Gasteiger partial charge in [-0.3, -0.25) is 4.98 Å². The minimum atomic E-state index is -4.90. The highest BCUT2D eigenvalue weighted by Gasteiger charge is 2.32. The summed E-state index contributed by atoms with van der Waals surface area (Å²) < 4.78 is 48.3. The Labute approximate surface area is 164 Å². The van der Waals surface area contributed by atoms with Crippen molar-refractivity contribution in [1.29, 1.82) is 0 Å². The number of hydrogen-bond acceptors (Lipinski definition) is 4. The first-order valence-corrected chi connectivity index (χ1v) is 8.46. The number of pyridine rings is 1. The van der Waals surface area contributed by atoms with Crippen LogP contribution in [-0.4, -0.2) is 29.5 Å². The van der Waals surface area contributed by atoms with Crippen molar-refractivity contribution < 1.29 is 32.5 Å². The van der Waals surface area contributed by atoms with Crippen molar-refractivity contribution in [3.63, 3.8) is 0 Å². The number of hydrogen-bond donors (Lipinski definition) is 1. The molecule has 0 amide bonds. The number of carbonyl (C=O) groups is 1. The molecule has 1 N–H and O–H groups in total. The van der Waals surface area contributed by atoms with Crippen LogP contribution < -0.4 is 9.47 Å². The molecule has 29 heavy (non-hydrogen) atoms. The van der Waals surface area contributed by atoms with E-state index in [1.807, 2.05) is 0 Å². The van der Waals surface area contributed by atoms with E-state index in [-0.39, 0.29) is 23.1 Å². The van der Waals surface area contributed by atoms with Gasteiger partial charge >= 0.3 is 12.3 Å². The third-order valence-electron chi connectivity index (χ3n) is 4.21. The van der Waals surface area contributed by atoms with Gasteiger partial charge in [0.05, 0.1) is 12.7 Å². The van der Waals surface area contributed by atoms with Crippen LogP contribution in [0.15, 0.2) is 60.9 Å². The Morgan fingerprint density at radius 3 is 2.52 bits per heavy atom. The number of methoxy groups -OCH3 is 1. The van der Waals surface area contributed by atoms with E-state index >= 15 is 0 Å². The summed E-state index contributed by atoms with van der Waals surface area (Å²) in [6, 6.07) is 12.6. The lowest BCUT2D eigenvalue weighted by molar-refractivity contribution is -0.274. The fourth-order valence-corrected chi connectivity index (χ4v) is 2.88. The Balaban J connectivity index is 2.04. The first kappa shape index (κ1) is 20.2. The number of rotatable bonds is 6. The highest BCUT2D eigenvalue weighted by Crippen LogP contribution is 2.34. The molecule has 0 fully saturated rings. The smallest absolute Gasteiger partial charge is 0.497 e. The molecule has 0 atom stereocenters. The number of carboxylic acids is 1. The molecule has 8 heteroatoms. The SMILES string of the molecule is COc1cccc(-c2ccc(Cc3cnccc3C(=O)O)c(OC(F)(F)F)c2)c1. The largest absolute Gasteiger partial charge is 0.573 e. The fourth-order valence-electron chi connectivity index (χ4n) is 2.88. The van der Waals surface area contributed by atoms with Crippen molar-refractivity contribution in [2.24, 2.45) is 0 Å². The van der Waals surface area contributed by atoms with Crippen molar-refractivity contribution in [3.05, 3.63) is 77.6 Å². The first-order valence-electron chi connectivity index (χ1n) is 8.46. The molecular weight excluding hydrogens is 387 g/mol. The third kappa shape index (κ3) is 5.04. The number of alkyl halides is 3. The molecule has 0 aliphatic heterocycles. The molecule has 0 radical (unpaired) electrons. The van der Waals surface area contributed by atoms with E-state index < -0.39 is 18.1 Å². The van der Waals surface area contributed by atoms with Gasteiger partial charge in [0.1, 0.15) is 11.5 Å². The second kappa shape index (κ2) is 8.22. The van der Waals surface area contributed by atoms with Gasteiger partial charge in [0.2, 0.25) is 0 Å². The van der Waals surface area contributed by atoms with Gasteiger partial charge in [-0.15, -0.1) is 13.2 Å². The maximum Gasteiger partial charge on any atom is 0.573 e. The molecule has 1 aromatic heterocycles. The summed E-state index contributed by atoms with van der Waals surface area (Å²) in [5, 5.41) is 9.29. The topological polar surface area (TPSA) is 68.7 Å². The Hall–Kier alpha value is -3.55. The Kier molecular flexibility index (Phi) is 5.72. The number of halogens is 3. The summed E-state index contributed by atoms with van der Waals surface area (Å²) in [5.41, 5.74) is 1.58. The molecule has 0 aliphatic rings. The van der Waals surface area contributed by atoms with Crippen molar-refractivity contribution in [2.75, 3.05) is 7.11 Å². The van der Waals surface area contributed by atoms with Crippen LogP contribution in [0.4, 0.5) is 13.2 Å². The third-order valence-corrected chi connectivity index (χ3v) is 4.21. The predicted octanol–water partition coefficient (Wildman–Crippen LogP) is 4.94. The number of carboxylic acid groups (broad SMARTS) is 1. The van der Waals surface area contributed by atoms with E-state index in [9.17, 15) is 23.1 Å². The quantitative estimate of drug-likeness (QED) is 0.631. The number of ether oxygens (including phenoxy) is 2. The molecule has 0 bridgehead atoms. The summed E-state index contributed by atoms with van der Waals surface area (Å²) in [7, 11) is 1.49. The van der Waals surface area contributed by atoms with E-state index in [4.69, 9.17) is 4.74 Å². The van der Waals surface area contributed by atoms with E-state index in [1.165, 1.54) is 37.7 Å². The van der Waals surface area contributed by atoms with Crippen LogP contribution >= 0.6 is 0 Å². The molecule has 0 saturated carbocycles. The van der Waals surface area contributed by atoms with Crippen molar-refractivity contribution in [3.8, 4) is 22.6 Å². The number of benzene rings is 2. The minimum absolute atomic E-state index is 0.0326. The van der Waals surface area contributed by atoms with E-state index in [1.54, 1.807) is 30.3 Å². The van der Waals surface area contributed by atoms with Gasteiger partial charge in [0, 0.05) is 18.8 Å². The van der Waals surface area contributed by atoms with Gasteiger partial charge in [-0.25, -0.2) is 4.79 Å². The summed E-state index contributed by atoms with van der Waals surface area (Å²) in [6.07, 6.45) is -2.35. The molecule has 2 aromatic carbocycles. The Bertz CT molecular complexity index is 1030. The number of nitrogens with zero attached hydrogens (tertiary/aromatic N) is 1. The Morgan fingerprint density at radius 2 is 1.83 bits per heavy atom. The van der Waals surface area contributed by atoms with E-state index in [0.29, 0.717) is 16.9 Å². The molecule has 5 nitrogen and oxygen atoms in total. The standard InChI is InChI=1S/C21H16F3NO4/c1-28-17-4-2-3-13(10-17)14-5-6-15(19(11-14)29-21(22,23)24)9-16-12-25-8-7-18(16)20(26)27/h2-8,10-12H,9H2,1H3,(H,26,27). The summed E-state index contributed by atoms with van der Waals surface area (Å²) in [4.78, 5) is 15.2. The van der Waals surface area contributed by atoms with Crippen molar-refractivity contribution in [2.45, 2.75) is 12.8 Å². The molecular formula is C21H16F3NO4. The zero-order valence-electron chi connectivity index (χ0n) is 15.2. The lowest BCUT2D eigenvalue weighted by Gasteiger charge is -2.16. The van der Waals surface area contributed by atoms with Crippen LogP contribution in [0, 0.1) is 0 Å². The fraction of sp³-hybridized carbons (Fsp3) is 0.143. The predicted molar refractivity (Wildman–Crippen MR) is 99.1 cm³/mol. The zero-order chi connectivity index (χ0) is 21.0. The summed E-state index contributed by atoms with van der Waals surface area (Å²) in [6.45, 7) is 0. The highest BCUT2D eigenvalue weighted by molar-refractivity contribution is 5.89.